The zero-order valence-corrected chi connectivity index (χ0v) is 18.3. The number of benzene rings is 1. The van der Waals surface area contributed by atoms with E-state index in [0.29, 0.717) is 45.3 Å². The first-order chi connectivity index (χ1) is 15.0. The van der Waals surface area contributed by atoms with Gasteiger partial charge in [0.05, 0.1) is 19.2 Å². The first-order valence-corrected chi connectivity index (χ1v) is 11.0. The third kappa shape index (κ3) is 4.81. The molecule has 0 spiro atoms. The van der Waals surface area contributed by atoms with Crippen molar-refractivity contribution in [2.24, 2.45) is 0 Å². The Morgan fingerprint density at radius 3 is 2.74 bits per heavy atom. The number of nitrogens with one attached hydrogen (secondary N) is 2. The molecule has 4 rings (SSSR count). The Bertz CT molecular complexity index is 1230. The second kappa shape index (κ2) is 9.11. The van der Waals surface area contributed by atoms with Gasteiger partial charge in [-0.05, 0) is 24.3 Å². The van der Waals surface area contributed by atoms with E-state index in [0.717, 1.165) is 5.56 Å². The molecule has 0 aliphatic carbocycles. The number of para-hydroxylation sites is 1. The predicted molar refractivity (Wildman–Crippen MR) is 119 cm³/mol. The van der Waals surface area contributed by atoms with Gasteiger partial charge in [-0.3, -0.25) is 14.9 Å². The molecule has 0 saturated carbocycles. The summed E-state index contributed by atoms with van der Waals surface area (Å²) in [6, 6.07) is 11.1. The third-order valence-electron chi connectivity index (χ3n) is 4.22. The van der Waals surface area contributed by atoms with Crippen molar-refractivity contribution in [3.05, 3.63) is 58.6 Å². The monoisotopic (exact) mass is 454 g/mol. The molecule has 2 amide bonds. The highest BCUT2D eigenvalue weighted by Crippen LogP contribution is 2.32. The molecule has 0 aliphatic rings. The Morgan fingerprint density at radius 2 is 1.94 bits per heavy atom. The minimum Gasteiger partial charge on any atom is -0.496 e. The lowest BCUT2D eigenvalue weighted by atomic mass is 10.2. The number of hydrogen-bond donors (Lipinski definition) is 2. The first-order valence-electron chi connectivity index (χ1n) is 9.23. The van der Waals surface area contributed by atoms with E-state index >= 15 is 0 Å². The van der Waals surface area contributed by atoms with Crippen LogP contribution in [0.5, 0.6) is 5.75 Å². The summed E-state index contributed by atoms with van der Waals surface area (Å²) in [6.07, 6.45) is 0. The number of ether oxygens (including phenoxy) is 1. The minimum absolute atomic E-state index is 0.132. The topological polar surface area (TPSA) is 106 Å². The molecule has 0 bridgehead atoms. The van der Waals surface area contributed by atoms with Gasteiger partial charge >= 0.3 is 0 Å². The van der Waals surface area contributed by atoms with Crippen molar-refractivity contribution in [1.82, 2.24) is 15.3 Å². The van der Waals surface area contributed by atoms with Gasteiger partial charge in [-0.2, -0.15) is 0 Å². The zero-order chi connectivity index (χ0) is 21.8. The molecule has 0 unspecified atom stereocenters. The summed E-state index contributed by atoms with van der Waals surface area (Å²) in [5, 5.41) is 10.1. The molecule has 158 valence electrons. The fourth-order valence-corrected chi connectivity index (χ4v) is 4.28. The van der Waals surface area contributed by atoms with Crippen LogP contribution >= 0.6 is 22.7 Å². The zero-order valence-electron chi connectivity index (χ0n) is 16.7. The number of hydrogen-bond acceptors (Lipinski definition) is 8. The van der Waals surface area contributed by atoms with E-state index in [1.165, 1.54) is 29.6 Å². The van der Waals surface area contributed by atoms with Crippen LogP contribution in [-0.4, -0.2) is 28.9 Å². The normalized spacial score (nSPS) is 10.6. The molecule has 0 radical (unpaired) electrons. The van der Waals surface area contributed by atoms with Crippen molar-refractivity contribution in [3.8, 4) is 27.8 Å². The maximum absolute atomic E-state index is 12.6. The van der Waals surface area contributed by atoms with Gasteiger partial charge < -0.3 is 14.5 Å². The van der Waals surface area contributed by atoms with E-state index in [1.807, 2.05) is 24.3 Å². The highest BCUT2D eigenvalue weighted by atomic mass is 32.1. The molecule has 10 heteroatoms. The second-order valence-corrected chi connectivity index (χ2v) is 8.12. The number of aromatic nitrogens is 2. The molecule has 0 saturated heterocycles. The van der Waals surface area contributed by atoms with Crippen molar-refractivity contribution in [3.63, 3.8) is 0 Å². The van der Waals surface area contributed by atoms with E-state index in [-0.39, 0.29) is 11.8 Å². The molecule has 3 heterocycles. The van der Waals surface area contributed by atoms with Crippen LogP contribution in [-0.2, 0) is 11.3 Å². The van der Waals surface area contributed by atoms with Crippen molar-refractivity contribution < 1.29 is 18.7 Å². The number of rotatable bonds is 7. The van der Waals surface area contributed by atoms with Crippen LogP contribution in [0.1, 0.15) is 23.2 Å². The fraction of sp³-hybridized carbons (Fsp3) is 0.143. The average molecular weight is 455 g/mol. The van der Waals surface area contributed by atoms with Crippen LogP contribution < -0.4 is 15.4 Å². The van der Waals surface area contributed by atoms with E-state index < -0.39 is 0 Å². The summed E-state index contributed by atoms with van der Waals surface area (Å²) in [7, 11) is 1.60. The van der Waals surface area contributed by atoms with E-state index in [1.54, 1.807) is 30.0 Å². The summed E-state index contributed by atoms with van der Waals surface area (Å²) in [5.41, 5.74) is 1.74. The standard InChI is InChI=1S/C21H18N4O4S2/c1-12(26)22-9-13-7-8-18(29-13)15-10-31-21(24-15)25-19(27)16-11-30-20(23-16)14-5-3-4-6-17(14)28-2/h3-8,10-11H,9H2,1-2H3,(H,22,26)(H,24,25,27). The highest BCUT2D eigenvalue weighted by molar-refractivity contribution is 7.14. The first kappa shape index (κ1) is 20.8. The maximum atomic E-state index is 12.6. The van der Waals surface area contributed by atoms with Gasteiger partial charge in [-0.25, -0.2) is 9.97 Å². The summed E-state index contributed by atoms with van der Waals surface area (Å²) in [4.78, 5) is 32.5. The van der Waals surface area contributed by atoms with Crippen molar-refractivity contribution in [2.45, 2.75) is 13.5 Å². The fourth-order valence-electron chi connectivity index (χ4n) is 2.75. The number of carbonyl (C=O) groups excluding carboxylic acids is 2. The van der Waals surface area contributed by atoms with E-state index in [2.05, 4.69) is 20.6 Å². The second-order valence-electron chi connectivity index (χ2n) is 6.41. The van der Waals surface area contributed by atoms with Crippen molar-refractivity contribution in [1.29, 1.82) is 0 Å². The smallest absolute Gasteiger partial charge is 0.276 e. The Morgan fingerprint density at radius 1 is 1.10 bits per heavy atom. The van der Waals surface area contributed by atoms with Crippen LogP contribution in [0.3, 0.4) is 0 Å². The minimum atomic E-state index is -0.343. The van der Waals surface area contributed by atoms with Crippen molar-refractivity contribution >= 4 is 39.6 Å². The van der Waals surface area contributed by atoms with Gasteiger partial charge in [0.15, 0.2) is 10.9 Å². The number of furan rings is 1. The summed E-state index contributed by atoms with van der Waals surface area (Å²) in [6.45, 7) is 1.75. The number of anilines is 1. The number of amides is 2. The molecule has 1 aromatic carbocycles. The van der Waals surface area contributed by atoms with Gasteiger partial charge in [0.2, 0.25) is 5.91 Å². The average Bonchev–Trinajstić information content (AvgIpc) is 3.52. The number of carbonyl (C=O) groups is 2. The molecular weight excluding hydrogens is 436 g/mol. The number of nitrogens with zero attached hydrogens (tertiary/aromatic N) is 2. The third-order valence-corrected chi connectivity index (χ3v) is 5.86. The lowest BCUT2D eigenvalue weighted by Crippen LogP contribution is -2.18. The Kier molecular flexibility index (Phi) is 6.10. The van der Waals surface area contributed by atoms with Crippen LogP contribution in [0, 0.1) is 0 Å². The molecule has 0 aliphatic heterocycles. The van der Waals surface area contributed by atoms with Gasteiger partial charge in [0, 0.05) is 17.7 Å². The molecule has 3 aromatic heterocycles. The van der Waals surface area contributed by atoms with Crippen LogP contribution in [0.2, 0.25) is 0 Å². The largest absolute Gasteiger partial charge is 0.496 e. The van der Waals surface area contributed by atoms with E-state index in [4.69, 9.17) is 9.15 Å². The molecule has 31 heavy (non-hydrogen) atoms. The molecule has 2 N–H and O–H groups in total. The molecule has 4 aromatic rings. The van der Waals surface area contributed by atoms with Gasteiger partial charge in [-0.15, -0.1) is 22.7 Å². The number of methoxy groups -OCH3 is 1. The highest BCUT2D eigenvalue weighted by Gasteiger charge is 2.16. The summed E-state index contributed by atoms with van der Waals surface area (Å²) in [5.74, 6) is 1.40. The molecule has 8 nitrogen and oxygen atoms in total. The van der Waals surface area contributed by atoms with Crippen LogP contribution in [0.15, 0.2) is 51.6 Å². The van der Waals surface area contributed by atoms with E-state index in [9.17, 15) is 9.59 Å². The summed E-state index contributed by atoms with van der Waals surface area (Å²) < 4.78 is 11.1. The quantitative estimate of drug-likeness (QED) is 0.428. The van der Waals surface area contributed by atoms with Gasteiger partial charge in [0.25, 0.3) is 5.91 Å². The van der Waals surface area contributed by atoms with Crippen LogP contribution in [0.4, 0.5) is 5.13 Å². The maximum Gasteiger partial charge on any atom is 0.276 e. The Balaban J connectivity index is 1.44. The van der Waals surface area contributed by atoms with Gasteiger partial charge in [0.1, 0.15) is 27.9 Å². The summed E-state index contributed by atoms with van der Waals surface area (Å²) >= 11 is 2.66. The number of thiazole rings is 2. The van der Waals surface area contributed by atoms with Crippen LogP contribution in [0.25, 0.3) is 22.0 Å². The van der Waals surface area contributed by atoms with Gasteiger partial charge in [-0.1, -0.05) is 12.1 Å². The predicted octanol–water partition coefficient (Wildman–Crippen LogP) is 4.42. The SMILES string of the molecule is COc1ccccc1-c1nc(C(=O)Nc2nc(-c3ccc(CNC(C)=O)o3)cs2)cs1. The Labute approximate surface area is 185 Å². The van der Waals surface area contributed by atoms with Crippen molar-refractivity contribution in [2.75, 3.05) is 12.4 Å². The lowest BCUT2D eigenvalue weighted by molar-refractivity contribution is -0.119. The lowest BCUT2D eigenvalue weighted by Gasteiger charge is -2.04. The molecular formula is C21H18N4O4S2. The Hall–Kier alpha value is -3.50. The molecule has 0 fully saturated rings. The molecule has 0 atom stereocenters.